The average Bonchev–Trinajstić information content (AvgIpc) is 2.92. The quantitative estimate of drug-likeness (QED) is 0.275. The number of hydrogen-bond acceptors (Lipinski definition) is 4. The van der Waals surface area contributed by atoms with Gasteiger partial charge in [-0.1, -0.05) is 12.1 Å². The van der Waals surface area contributed by atoms with E-state index in [1.165, 1.54) is 24.3 Å². The minimum absolute atomic E-state index is 0.206. The van der Waals surface area contributed by atoms with Crippen molar-refractivity contribution >= 4 is 11.1 Å². The molecular formula is C28H8F12N4. The van der Waals surface area contributed by atoms with Crippen LogP contribution in [0.15, 0.2) is 48.5 Å². The van der Waals surface area contributed by atoms with Crippen molar-refractivity contribution in [3.05, 3.63) is 81.2 Å². The molecule has 44 heavy (non-hydrogen) atoms. The van der Waals surface area contributed by atoms with Crippen LogP contribution in [0.3, 0.4) is 0 Å². The topological polar surface area (TPSA) is 95.2 Å². The Morgan fingerprint density at radius 3 is 0.932 bits per heavy atom. The van der Waals surface area contributed by atoms with Crippen molar-refractivity contribution in [3.8, 4) is 46.5 Å². The molecular weight excluding hydrogens is 620 g/mol. The number of rotatable bonds is 2. The minimum atomic E-state index is -5.53. The van der Waals surface area contributed by atoms with Crippen molar-refractivity contribution in [1.82, 2.24) is 0 Å². The fourth-order valence-corrected chi connectivity index (χ4v) is 4.13. The van der Waals surface area contributed by atoms with Crippen LogP contribution in [0.2, 0.25) is 0 Å². The van der Waals surface area contributed by atoms with E-state index in [1.807, 2.05) is 0 Å². The van der Waals surface area contributed by atoms with Crippen LogP contribution < -0.4 is 10.4 Å². The largest absolute Gasteiger partial charge is 0.417 e. The summed E-state index contributed by atoms with van der Waals surface area (Å²) in [7, 11) is 0. The van der Waals surface area contributed by atoms with Gasteiger partial charge in [-0.15, -0.1) is 0 Å². The van der Waals surface area contributed by atoms with Gasteiger partial charge in [-0.25, -0.2) is 0 Å². The van der Waals surface area contributed by atoms with Gasteiger partial charge in [0.2, 0.25) is 0 Å². The molecule has 0 aliphatic carbocycles. The lowest BCUT2D eigenvalue weighted by atomic mass is 9.88. The van der Waals surface area contributed by atoms with Crippen LogP contribution in [-0.4, -0.2) is 0 Å². The Morgan fingerprint density at radius 2 is 0.705 bits per heavy atom. The molecule has 3 rings (SSSR count). The lowest BCUT2D eigenvalue weighted by molar-refractivity contribution is -0.144. The summed E-state index contributed by atoms with van der Waals surface area (Å²) in [5.74, 6) is 0. The fourth-order valence-electron chi connectivity index (χ4n) is 4.13. The summed E-state index contributed by atoms with van der Waals surface area (Å²) in [6, 6.07) is 6.50. The Morgan fingerprint density at radius 1 is 0.409 bits per heavy atom. The Hall–Kier alpha value is -5.48. The van der Waals surface area contributed by atoms with Crippen LogP contribution in [-0.2, 0) is 24.7 Å². The number of nitriles is 4. The van der Waals surface area contributed by atoms with Gasteiger partial charge in [0.05, 0.1) is 22.3 Å². The van der Waals surface area contributed by atoms with Gasteiger partial charge in [-0.3, -0.25) is 0 Å². The zero-order valence-electron chi connectivity index (χ0n) is 20.9. The number of hydrogen-bond donors (Lipinski definition) is 0. The molecule has 0 heterocycles. The smallest absolute Gasteiger partial charge is 0.192 e. The second-order valence-corrected chi connectivity index (χ2v) is 8.65. The highest BCUT2D eigenvalue weighted by Crippen LogP contribution is 2.42. The molecule has 0 saturated heterocycles. The molecule has 16 heteroatoms. The SMILES string of the molecule is N#CC(C#N)=c1cc(-c2ccc(C(F)(F)F)cc2C(F)(F)F)c(=C(C#N)C#N)cc1-c1ccc(C(F)(F)F)cc1C(F)(F)F. The van der Waals surface area contributed by atoms with Gasteiger partial charge in [-0.2, -0.15) is 73.7 Å². The molecule has 0 aromatic heterocycles. The molecule has 0 saturated carbocycles. The molecule has 0 unspecified atom stereocenters. The minimum Gasteiger partial charge on any atom is -0.192 e. The maximum absolute atomic E-state index is 14.0. The van der Waals surface area contributed by atoms with E-state index in [9.17, 15) is 73.7 Å². The third-order valence-electron chi connectivity index (χ3n) is 6.03. The monoisotopic (exact) mass is 628 g/mol. The number of halogens is 12. The molecule has 3 aromatic carbocycles. The molecule has 0 aliphatic heterocycles. The van der Waals surface area contributed by atoms with E-state index in [-0.39, 0.29) is 24.3 Å². The molecule has 0 bridgehead atoms. The summed E-state index contributed by atoms with van der Waals surface area (Å²) < 4.78 is 164. The van der Waals surface area contributed by atoms with E-state index in [4.69, 9.17) is 0 Å². The van der Waals surface area contributed by atoms with Gasteiger partial charge in [-0.05, 0) is 58.7 Å². The summed E-state index contributed by atoms with van der Waals surface area (Å²) in [6.07, 6.45) is -21.6. The molecule has 0 fully saturated rings. The van der Waals surface area contributed by atoms with E-state index in [1.54, 1.807) is 0 Å². The predicted octanol–water partition coefficient (Wildman–Crippen LogP) is 7.49. The Balaban J connectivity index is 2.72. The van der Waals surface area contributed by atoms with E-state index >= 15 is 0 Å². The molecule has 224 valence electrons. The predicted molar refractivity (Wildman–Crippen MR) is 126 cm³/mol. The first kappa shape index (κ1) is 33.0. The number of benzene rings is 3. The maximum atomic E-state index is 14.0. The van der Waals surface area contributed by atoms with Gasteiger partial charge >= 0.3 is 24.7 Å². The van der Waals surface area contributed by atoms with Crippen molar-refractivity contribution in [2.75, 3.05) is 0 Å². The maximum Gasteiger partial charge on any atom is 0.417 e. The van der Waals surface area contributed by atoms with Gasteiger partial charge in [0.25, 0.3) is 0 Å². The first-order valence-electron chi connectivity index (χ1n) is 11.3. The zero-order chi connectivity index (χ0) is 33.4. The van der Waals surface area contributed by atoms with Crippen LogP contribution in [0.4, 0.5) is 52.7 Å². The van der Waals surface area contributed by atoms with Crippen molar-refractivity contribution in [1.29, 1.82) is 21.0 Å². The summed E-state index contributed by atoms with van der Waals surface area (Å²) in [5, 5.41) is 36.1. The van der Waals surface area contributed by atoms with E-state index in [0.29, 0.717) is 24.3 Å². The van der Waals surface area contributed by atoms with Gasteiger partial charge < -0.3 is 0 Å². The van der Waals surface area contributed by atoms with Gasteiger partial charge in [0, 0.05) is 10.4 Å². The molecule has 4 nitrogen and oxygen atoms in total. The second kappa shape index (κ2) is 11.3. The highest BCUT2D eigenvalue weighted by Gasteiger charge is 2.40. The summed E-state index contributed by atoms with van der Waals surface area (Å²) in [6.45, 7) is 0. The third-order valence-corrected chi connectivity index (χ3v) is 6.03. The standard InChI is InChI=1S/C28H8F12N4/c29-25(30,31)15-1-3-17(23(5-15)27(35,36)37)21-7-20(14(11-43)12-44)22(8-19(21)13(9-41)10-42)18-4-2-16(26(32,33)34)6-24(18)28(38,39)40/h1-8H. The van der Waals surface area contributed by atoms with Crippen molar-refractivity contribution in [3.63, 3.8) is 0 Å². The van der Waals surface area contributed by atoms with E-state index in [2.05, 4.69) is 0 Å². The van der Waals surface area contributed by atoms with Crippen LogP contribution in [0.5, 0.6) is 0 Å². The molecule has 0 aliphatic rings. The first-order chi connectivity index (χ1) is 20.2. The lowest BCUT2D eigenvalue weighted by Gasteiger charge is -2.19. The fraction of sp³-hybridized carbons (Fsp3) is 0.143. The van der Waals surface area contributed by atoms with Crippen LogP contribution >= 0.6 is 0 Å². The van der Waals surface area contributed by atoms with Crippen molar-refractivity contribution in [2.24, 2.45) is 0 Å². The van der Waals surface area contributed by atoms with Crippen LogP contribution in [0, 0.1) is 45.3 Å². The zero-order valence-corrected chi connectivity index (χ0v) is 20.9. The van der Waals surface area contributed by atoms with Crippen LogP contribution in [0.1, 0.15) is 22.3 Å². The summed E-state index contributed by atoms with van der Waals surface area (Å²) in [5.41, 5.74) is -13.7. The van der Waals surface area contributed by atoms with Gasteiger partial charge in [0.1, 0.15) is 35.4 Å². The molecule has 3 aromatic rings. The summed E-state index contributed by atoms with van der Waals surface area (Å²) >= 11 is 0. The molecule has 0 amide bonds. The first-order valence-corrected chi connectivity index (χ1v) is 11.3. The number of alkyl halides is 12. The van der Waals surface area contributed by atoms with Gasteiger partial charge in [0.15, 0.2) is 0 Å². The van der Waals surface area contributed by atoms with Crippen molar-refractivity contribution in [2.45, 2.75) is 24.7 Å². The molecule has 0 spiro atoms. The highest BCUT2D eigenvalue weighted by molar-refractivity contribution is 5.86. The Kier molecular flexibility index (Phi) is 8.49. The van der Waals surface area contributed by atoms with E-state index < -0.39 is 90.8 Å². The molecule has 0 N–H and O–H groups in total. The Labute approximate surface area is 237 Å². The van der Waals surface area contributed by atoms with Crippen LogP contribution in [0.25, 0.3) is 33.4 Å². The van der Waals surface area contributed by atoms with Crippen molar-refractivity contribution < 1.29 is 52.7 Å². The number of nitrogens with zero attached hydrogens (tertiary/aromatic N) is 4. The second-order valence-electron chi connectivity index (χ2n) is 8.65. The summed E-state index contributed by atoms with van der Waals surface area (Å²) in [4.78, 5) is 0. The van der Waals surface area contributed by atoms with E-state index in [0.717, 1.165) is 0 Å². The highest BCUT2D eigenvalue weighted by atomic mass is 19.4. The third kappa shape index (κ3) is 6.45. The molecule has 0 radical (unpaired) electrons. The molecule has 0 atom stereocenters. The normalized spacial score (nSPS) is 12.0. The lowest BCUT2D eigenvalue weighted by Crippen LogP contribution is -2.22. The average molecular weight is 628 g/mol. The Bertz CT molecular complexity index is 1780.